The van der Waals surface area contributed by atoms with Crippen LogP contribution in [0.15, 0.2) is 36.5 Å². The number of unbranched alkanes of at least 4 members (excludes halogenated alkanes) is 5. The van der Waals surface area contributed by atoms with Gasteiger partial charge < -0.3 is 10.0 Å². The van der Waals surface area contributed by atoms with Gasteiger partial charge >= 0.3 is 0 Å². The second-order valence-corrected chi connectivity index (χ2v) is 9.56. The Morgan fingerprint density at radius 3 is 2.79 bits per heavy atom. The minimum absolute atomic E-state index is 0.114. The molecule has 1 heterocycles. The summed E-state index contributed by atoms with van der Waals surface area (Å²) in [5.41, 5.74) is 1.01. The Labute approximate surface area is 200 Å². The smallest absolute Gasteiger partial charge is 0.222 e. The van der Waals surface area contributed by atoms with E-state index in [-0.39, 0.29) is 23.8 Å². The minimum atomic E-state index is -0.382. The molecule has 1 aliphatic carbocycles. The molecule has 0 saturated heterocycles. The third-order valence-electron chi connectivity index (χ3n) is 6.85. The molecule has 184 valence electrons. The van der Waals surface area contributed by atoms with Crippen molar-refractivity contribution in [3.05, 3.63) is 42.2 Å². The Hall–Kier alpha value is -2.01. The summed E-state index contributed by atoms with van der Waals surface area (Å²) in [5.74, 6) is 0.977. The SMILES string of the molecule is CCCCCC(O)C=CC1CCC(=O)C1CCCCCCC(=O)N(C)CCc1ccccn1. The molecule has 0 radical (unpaired) electrons. The van der Waals surface area contributed by atoms with E-state index in [2.05, 4.69) is 18.0 Å². The summed E-state index contributed by atoms with van der Waals surface area (Å²) in [4.78, 5) is 30.8. The van der Waals surface area contributed by atoms with Gasteiger partial charge in [0.2, 0.25) is 5.91 Å². The van der Waals surface area contributed by atoms with E-state index < -0.39 is 0 Å². The highest BCUT2D eigenvalue weighted by Gasteiger charge is 2.32. The van der Waals surface area contributed by atoms with Gasteiger partial charge in [-0.05, 0) is 43.7 Å². The van der Waals surface area contributed by atoms with Crippen molar-refractivity contribution in [2.45, 2.75) is 96.5 Å². The number of ketones is 1. The Morgan fingerprint density at radius 1 is 1.21 bits per heavy atom. The van der Waals surface area contributed by atoms with Crippen molar-refractivity contribution in [1.82, 2.24) is 9.88 Å². The average molecular weight is 457 g/mol. The van der Waals surface area contributed by atoms with Crippen LogP contribution < -0.4 is 0 Å². The van der Waals surface area contributed by atoms with Crippen molar-refractivity contribution in [2.24, 2.45) is 11.8 Å². The van der Waals surface area contributed by atoms with Gasteiger partial charge in [0.1, 0.15) is 5.78 Å². The van der Waals surface area contributed by atoms with Crippen molar-refractivity contribution in [1.29, 1.82) is 0 Å². The number of aromatic nitrogens is 1. The van der Waals surface area contributed by atoms with Crippen molar-refractivity contribution in [2.75, 3.05) is 13.6 Å². The summed E-state index contributed by atoms with van der Waals surface area (Å²) in [6.07, 6.45) is 17.5. The number of nitrogens with zero attached hydrogens (tertiary/aromatic N) is 2. The first-order valence-corrected chi connectivity index (χ1v) is 13.0. The van der Waals surface area contributed by atoms with Gasteiger partial charge in [-0.25, -0.2) is 0 Å². The van der Waals surface area contributed by atoms with Crippen LogP contribution in [0.5, 0.6) is 0 Å². The Bertz CT molecular complexity index is 719. The molecule has 0 aliphatic heterocycles. The lowest BCUT2D eigenvalue weighted by Crippen LogP contribution is -2.28. The molecule has 1 N–H and O–H groups in total. The molecule has 0 aromatic carbocycles. The number of hydrogen-bond acceptors (Lipinski definition) is 4. The van der Waals surface area contributed by atoms with Crippen LogP contribution in [0.25, 0.3) is 0 Å². The van der Waals surface area contributed by atoms with Crippen molar-refractivity contribution in [3.8, 4) is 0 Å². The highest BCUT2D eigenvalue weighted by atomic mass is 16.3. The first-order valence-electron chi connectivity index (χ1n) is 13.0. The van der Waals surface area contributed by atoms with Crippen LogP contribution in [0.1, 0.15) is 89.7 Å². The second kappa shape index (κ2) is 15.8. The average Bonchev–Trinajstić information content (AvgIpc) is 3.18. The molecule has 1 fully saturated rings. The van der Waals surface area contributed by atoms with Crippen LogP contribution in [0.3, 0.4) is 0 Å². The van der Waals surface area contributed by atoms with Gasteiger partial charge in [-0.1, -0.05) is 63.7 Å². The monoisotopic (exact) mass is 456 g/mol. The molecular formula is C28H44N2O3. The topological polar surface area (TPSA) is 70.5 Å². The number of allylic oxidation sites excluding steroid dienone is 1. The molecule has 1 amide bonds. The summed E-state index contributed by atoms with van der Waals surface area (Å²) < 4.78 is 0. The Balaban J connectivity index is 1.58. The predicted molar refractivity (Wildman–Crippen MR) is 134 cm³/mol. The van der Waals surface area contributed by atoms with Gasteiger partial charge in [0.05, 0.1) is 6.10 Å². The van der Waals surface area contributed by atoms with Gasteiger partial charge in [-0.2, -0.15) is 0 Å². The highest BCUT2D eigenvalue weighted by Crippen LogP contribution is 2.34. The Morgan fingerprint density at radius 2 is 2.03 bits per heavy atom. The molecule has 33 heavy (non-hydrogen) atoms. The number of aliphatic hydroxyl groups is 1. The molecule has 3 unspecified atom stereocenters. The zero-order valence-corrected chi connectivity index (χ0v) is 20.8. The first kappa shape index (κ1) is 27.2. The fraction of sp³-hybridized carbons (Fsp3) is 0.679. The minimum Gasteiger partial charge on any atom is -0.389 e. The van der Waals surface area contributed by atoms with Gasteiger partial charge in [0.25, 0.3) is 0 Å². The van der Waals surface area contributed by atoms with Crippen molar-refractivity contribution < 1.29 is 14.7 Å². The molecule has 0 bridgehead atoms. The lowest BCUT2D eigenvalue weighted by atomic mass is 9.89. The normalized spacial score (nSPS) is 19.3. The zero-order valence-electron chi connectivity index (χ0n) is 20.8. The highest BCUT2D eigenvalue weighted by molar-refractivity contribution is 5.83. The standard InChI is InChI=1S/C28H44N2O3/c1-3-4-7-13-25(31)18-16-23-17-19-27(32)26(23)14-8-5-6-9-15-28(33)30(2)22-20-24-12-10-11-21-29-24/h10-12,16,18,21,23,25-26,31H,3-9,13-15,17,19-20,22H2,1-2H3. The summed E-state index contributed by atoms with van der Waals surface area (Å²) in [6, 6.07) is 5.86. The van der Waals surface area contributed by atoms with Crippen molar-refractivity contribution in [3.63, 3.8) is 0 Å². The third-order valence-corrected chi connectivity index (χ3v) is 6.85. The molecule has 1 saturated carbocycles. The molecule has 1 aliphatic rings. The number of pyridine rings is 1. The fourth-order valence-corrected chi connectivity index (χ4v) is 4.65. The maximum atomic E-state index is 12.3. The quantitative estimate of drug-likeness (QED) is 0.263. The van der Waals surface area contributed by atoms with Gasteiger partial charge in [-0.15, -0.1) is 0 Å². The van der Waals surface area contributed by atoms with E-state index in [1.54, 1.807) is 11.1 Å². The molecule has 5 heteroatoms. The molecule has 5 nitrogen and oxygen atoms in total. The van der Waals surface area contributed by atoms with Crippen LogP contribution in [0, 0.1) is 11.8 Å². The van der Waals surface area contributed by atoms with Gasteiger partial charge in [-0.3, -0.25) is 14.6 Å². The van der Waals surface area contributed by atoms with Crippen LogP contribution in [0.4, 0.5) is 0 Å². The molecule has 3 atom stereocenters. The maximum Gasteiger partial charge on any atom is 0.222 e. The number of aliphatic hydroxyl groups excluding tert-OH is 1. The van der Waals surface area contributed by atoms with E-state index in [0.29, 0.717) is 25.2 Å². The molecule has 2 rings (SSSR count). The summed E-state index contributed by atoms with van der Waals surface area (Å²) in [7, 11) is 1.87. The molecule has 1 aromatic heterocycles. The second-order valence-electron chi connectivity index (χ2n) is 9.56. The summed E-state index contributed by atoms with van der Waals surface area (Å²) in [5, 5.41) is 10.1. The largest absolute Gasteiger partial charge is 0.389 e. The number of hydrogen-bond donors (Lipinski definition) is 1. The zero-order chi connectivity index (χ0) is 23.9. The van der Waals surface area contributed by atoms with Crippen LogP contribution in [0.2, 0.25) is 0 Å². The van der Waals surface area contributed by atoms with E-state index >= 15 is 0 Å². The number of amides is 1. The lowest BCUT2D eigenvalue weighted by Gasteiger charge is -2.17. The molecule has 1 aromatic rings. The van der Waals surface area contributed by atoms with E-state index in [0.717, 1.165) is 76.3 Å². The number of rotatable bonds is 16. The first-order chi connectivity index (χ1) is 16.0. The number of carbonyl (C=O) groups is 2. The molecular weight excluding hydrogens is 412 g/mol. The predicted octanol–water partition coefficient (Wildman–Crippen LogP) is 5.52. The van der Waals surface area contributed by atoms with E-state index in [9.17, 15) is 14.7 Å². The number of carbonyl (C=O) groups excluding carboxylic acids is 2. The van der Waals surface area contributed by atoms with Crippen LogP contribution in [-0.4, -0.2) is 46.4 Å². The van der Waals surface area contributed by atoms with Gasteiger partial charge in [0, 0.05) is 50.7 Å². The summed E-state index contributed by atoms with van der Waals surface area (Å²) >= 11 is 0. The van der Waals surface area contributed by atoms with E-state index in [1.807, 2.05) is 31.3 Å². The Kier molecular flexibility index (Phi) is 13.0. The van der Waals surface area contributed by atoms with Crippen molar-refractivity contribution >= 4 is 11.7 Å². The maximum absolute atomic E-state index is 12.3. The van der Waals surface area contributed by atoms with Crippen LogP contribution >= 0.6 is 0 Å². The fourth-order valence-electron chi connectivity index (χ4n) is 4.65. The lowest BCUT2D eigenvalue weighted by molar-refractivity contribution is -0.130. The van der Waals surface area contributed by atoms with Crippen LogP contribution in [-0.2, 0) is 16.0 Å². The van der Waals surface area contributed by atoms with E-state index in [1.165, 1.54) is 0 Å². The third kappa shape index (κ3) is 10.6. The van der Waals surface area contributed by atoms with Gasteiger partial charge in [0.15, 0.2) is 0 Å². The number of Topliss-reactive ketones (excluding diaryl/α,β-unsaturated/α-hetero) is 1. The summed E-state index contributed by atoms with van der Waals surface area (Å²) in [6.45, 7) is 2.86. The molecule has 0 spiro atoms. The number of likely N-dealkylation sites (N-methyl/N-ethyl adjacent to an activating group) is 1. The van der Waals surface area contributed by atoms with E-state index in [4.69, 9.17) is 0 Å².